The second kappa shape index (κ2) is 7.99. The van der Waals surface area contributed by atoms with Crippen LogP contribution in [0.25, 0.3) is 0 Å². The second-order valence-corrected chi connectivity index (χ2v) is 5.12. The minimum atomic E-state index is -0.997. The lowest BCUT2D eigenvalue weighted by Gasteiger charge is -2.08. The van der Waals surface area contributed by atoms with E-state index >= 15 is 0 Å². The van der Waals surface area contributed by atoms with Crippen molar-refractivity contribution in [1.29, 1.82) is 0 Å². The molecule has 0 atom stereocenters. The topological polar surface area (TPSA) is 142 Å². The van der Waals surface area contributed by atoms with E-state index in [9.17, 15) is 34.2 Å². The van der Waals surface area contributed by atoms with Gasteiger partial charge in [-0.25, -0.2) is 9.18 Å². The lowest BCUT2D eigenvalue weighted by atomic mass is 10.1. The maximum Gasteiger partial charge on any atom is 0.338 e. The smallest absolute Gasteiger partial charge is 0.338 e. The number of amides is 1. The fraction of sp³-hybridized carbons (Fsp3) is 0.125. The van der Waals surface area contributed by atoms with Gasteiger partial charge >= 0.3 is 5.97 Å². The van der Waals surface area contributed by atoms with Crippen LogP contribution in [0.2, 0.25) is 0 Å². The molecule has 0 unspecified atom stereocenters. The zero-order valence-corrected chi connectivity index (χ0v) is 13.8. The molecule has 11 heteroatoms. The molecule has 0 heterocycles. The van der Waals surface area contributed by atoms with Crippen molar-refractivity contribution in [1.82, 2.24) is 0 Å². The summed E-state index contributed by atoms with van der Waals surface area (Å²) in [7, 11) is 0. The first kappa shape index (κ1) is 19.4. The Balaban J connectivity index is 2.41. The molecule has 2 rings (SSSR count). The molecule has 2 aromatic carbocycles. The van der Waals surface area contributed by atoms with Gasteiger partial charge in [0.05, 0.1) is 27.7 Å². The normalized spacial score (nSPS) is 10.1. The van der Waals surface area contributed by atoms with Gasteiger partial charge in [0.1, 0.15) is 5.82 Å². The van der Waals surface area contributed by atoms with Crippen LogP contribution < -0.4 is 5.32 Å². The molecule has 0 radical (unpaired) electrons. The number of hydrogen-bond acceptors (Lipinski definition) is 7. The van der Waals surface area contributed by atoms with Crippen LogP contribution in [0.15, 0.2) is 36.4 Å². The molecule has 0 aliphatic rings. The molecule has 27 heavy (non-hydrogen) atoms. The Kier molecular flexibility index (Phi) is 5.75. The molecule has 10 nitrogen and oxygen atoms in total. The van der Waals surface area contributed by atoms with E-state index in [2.05, 4.69) is 5.32 Å². The Morgan fingerprint density at radius 2 is 1.67 bits per heavy atom. The predicted octanol–water partition coefficient (Wildman–Crippen LogP) is 3.07. The average molecular weight is 377 g/mol. The summed E-state index contributed by atoms with van der Waals surface area (Å²) in [5.74, 6) is -2.81. The van der Waals surface area contributed by atoms with E-state index in [0.29, 0.717) is 0 Å². The zero-order valence-electron chi connectivity index (χ0n) is 13.8. The van der Waals surface area contributed by atoms with Crippen molar-refractivity contribution < 1.29 is 28.6 Å². The van der Waals surface area contributed by atoms with Crippen LogP contribution in [0.5, 0.6) is 0 Å². The van der Waals surface area contributed by atoms with Crippen molar-refractivity contribution in [3.8, 4) is 0 Å². The van der Waals surface area contributed by atoms with Gasteiger partial charge in [-0.1, -0.05) is 0 Å². The molecule has 0 saturated heterocycles. The third-order valence-corrected chi connectivity index (χ3v) is 3.31. The summed E-state index contributed by atoms with van der Waals surface area (Å²) >= 11 is 0. The molecule has 0 saturated carbocycles. The van der Waals surface area contributed by atoms with Gasteiger partial charge in [-0.3, -0.25) is 25.0 Å². The number of non-ortho nitro benzene ring substituents is 2. The number of nitrogens with zero attached hydrogens (tertiary/aromatic N) is 2. The average Bonchev–Trinajstić information content (AvgIpc) is 2.63. The second-order valence-electron chi connectivity index (χ2n) is 5.12. The van der Waals surface area contributed by atoms with E-state index in [1.165, 1.54) is 6.92 Å². The Bertz CT molecular complexity index is 946. The first-order chi connectivity index (χ1) is 12.7. The molecule has 0 bridgehead atoms. The van der Waals surface area contributed by atoms with E-state index in [-0.39, 0.29) is 17.7 Å². The molecule has 2 aromatic rings. The summed E-state index contributed by atoms with van der Waals surface area (Å²) in [6, 6.07) is 5.37. The van der Waals surface area contributed by atoms with Crippen molar-refractivity contribution in [2.24, 2.45) is 0 Å². The molecule has 0 fully saturated rings. The number of anilines is 1. The predicted molar refractivity (Wildman–Crippen MR) is 90.1 cm³/mol. The highest BCUT2D eigenvalue weighted by Gasteiger charge is 2.20. The van der Waals surface area contributed by atoms with E-state index in [4.69, 9.17) is 4.74 Å². The van der Waals surface area contributed by atoms with Crippen LogP contribution in [0.4, 0.5) is 21.5 Å². The summed E-state index contributed by atoms with van der Waals surface area (Å²) in [6.07, 6.45) is 0. The lowest BCUT2D eigenvalue weighted by molar-refractivity contribution is -0.385. The fourth-order valence-corrected chi connectivity index (χ4v) is 2.10. The highest BCUT2D eigenvalue weighted by molar-refractivity contribution is 6.06. The Hall–Kier alpha value is -3.89. The Morgan fingerprint density at radius 1 is 1.04 bits per heavy atom. The first-order valence-corrected chi connectivity index (χ1v) is 7.44. The Labute approximate surface area is 150 Å². The van der Waals surface area contributed by atoms with Gasteiger partial charge < -0.3 is 10.1 Å². The van der Waals surface area contributed by atoms with Gasteiger partial charge in [-0.2, -0.15) is 0 Å². The molecule has 0 aliphatic carbocycles. The number of nitro benzene ring substituents is 2. The monoisotopic (exact) mass is 377 g/mol. The molecule has 0 spiro atoms. The summed E-state index contributed by atoms with van der Waals surface area (Å²) in [6.45, 7) is 1.55. The van der Waals surface area contributed by atoms with E-state index in [0.717, 1.165) is 36.4 Å². The maximum absolute atomic E-state index is 13.8. The first-order valence-electron chi connectivity index (χ1n) is 7.44. The third-order valence-electron chi connectivity index (χ3n) is 3.31. The highest BCUT2D eigenvalue weighted by Crippen LogP contribution is 2.23. The van der Waals surface area contributed by atoms with E-state index in [1.54, 1.807) is 0 Å². The Morgan fingerprint density at radius 3 is 2.26 bits per heavy atom. The van der Waals surface area contributed by atoms with Crippen molar-refractivity contribution >= 4 is 28.9 Å². The summed E-state index contributed by atoms with van der Waals surface area (Å²) < 4.78 is 18.6. The SMILES string of the molecule is CCOC(=O)c1cc(C(=O)Nc2cc([N+](=O)[O-])ccc2F)cc([N+](=O)[O-])c1. The number of esters is 1. The number of nitrogens with one attached hydrogen (secondary N) is 1. The molecule has 0 aromatic heterocycles. The molecular weight excluding hydrogens is 365 g/mol. The highest BCUT2D eigenvalue weighted by atomic mass is 19.1. The summed E-state index contributed by atoms with van der Waals surface area (Å²) in [5.41, 5.74) is -2.06. The summed E-state index contributed by atoms with van der Waals surface area (Å²) in [5, 5.41) is 23.9. The number of rotatable bonds is 6. The van der Waals surface area contributed by atoms with Crippen LogP contribution in [-0.4, -0.2) is 28.3 Å². The number of carbonyl (C=O) groups is 2. The van der Waals surface area contributed by atoms with Gasteiger partial charge in [-0.05, 0) is 19.1 Å². The minimum absolute atomic E-state index is 0.0158. The largest absolute Gasteiger partial charge is 0.462 e. The van der Waals surface area contributed by atoms with Crippen LogP contribution in [0.1, 0.15) is 27.6 Å². The molecule has 140 valence electrons. The quantitative estimate of drug-likeness (QED) is 0.463. The van der Waals surface area contributed by atoms with Crippen molar-refractivity contribution in [2.75, 3.05) is 11.9 Å². The minimum Gasteiger partial charge on any atom is -0.462 e. The fourth-order valence-electron chi connectivity index (χ4n) is 2.10. The number of hydrogen-bond donors (Lipinski definition) is 1. The molecule has 1 N–H and O–H groups in total. The molecular formula is C16H12FN3O7. The van der Waals surface area contributed by atoms with Crippen LogP contribution in [0, 0.1) is 26.0 Å². The van der Waals surface area contributed by atoms with Crippen LogP contribution in [-0.2, 0) is 4.74 Å². The van der Waals surface area contributed by atoms with E-state index < -0.39 is 44.6 Å². The van der Waals surface area contributed by atoms with Gasteiger partial charge in [0.15, 0.2) is 0 Å². The number of carbonyl (C=O) groups excluding carboxylic acids is 2. The van der Waals surface area contributed by atoms with Gasteiger partial charge in [-0.15, -0.1) is 0 Å². The molecule has 0 aliphatic heterocycles. The van der Waals surface area contributed by atoms with E-state index in [1.807, 2.05) is 0 Å². The molecule has 1 amide bonds. The van der Waals surface area contributed by atoms with Crippen LogP contribution in [0.3, 0.4) is 0 Å². The maximum atomic E-state index is 13.8. The van der Waals surface area contributed by atoms with Gasteiger partial charge in [0, 0.05) is 29.8 Å². The standard InChI is InChI=1S/C16H12FN3O7/c1-2-27-16(22)10-5-9(6-12(7-10)20(25)26)15(21)18-14-8-11(19(23)24)3-4-13(14)17/h3-8H,2H2,1H3,(H,18,21). The third kappa shape index (κ3) is 4.60. The number of halogens is 1. The van der Waals surface area contributed by atoms with Gasteiger partial charge in [0.25, 0.3) is 17.3 Å². The lowest BCUT2D eigenvalue weighted by Crippen LogP contribution is -2.15. The van der Waals surface area contributed by atoms with Crippen LogP contribution >= 0.6 is 0 Å². The van der Waals surface area contributed by atoms with Crippen molar-refractivity contribution in [3.05, 3.63) is 73.6 Å². The van der Waals surface area contributed by atoms with Gasteiger partial charge in [0.2, 0.25) is 0 Å². The number of benzene rings is 2. The van der Waals surface area contributed by atoms with Crippen molar-refractivity contribution in [2.45, 2.75) is 6.92 Å². The zero-order chi connectivity index (χ0) is 20.1. The van der Waals surface area contributed by atoms with Crippen molar-refractivity contribution in [3.63, 3.8) is 0 Å². The number of nitro groups is 2. The number of ether oxygens (including phenoxy) is 1. The summed E-state index contributed by atoms with van der Waals surface area (Å²) in [4.78, 5) is 44.4.